The number of nitrogens with zero attached hydrogens (tertiary/aromatic N) is 2. The van der Waals surface area contributed by atoms with Crippen LogP contribution in [0.2, 0.25) is 5.02 Å². The van der Waals surface area contributed by atoms with Crippen LogP contribution in [0.15, 0.2) is 18.2 Å². The number of imidazole rings is 1. The number of rotatable bonds is 3. The van der Waals surface area contributed by atoms with Crippen LogP contribution in [0.25, 0.3) is 11.4 Å². The summed E-state index contributed by atoms with van der Waals surface area (Å²) in [5.41, 5.74) is 8.48. The summed E-state index contributed by atoms with van der Waals surface area (Å²) in [6, 6.07) is 5.48. The lowest BCUT2D eigenvalue weighted by atomic mass is 10.2. The van der Waals surface area contributed by atoms with Crippen molar-refractivity contribution >= 4 is 11.6 Å². The van der Waals surface area contributed by atoms with E-state index in [4.69, 9.17) is 22.1 Å². The van der Waals surface area contributed by atoms with Crippen LogP contribution in [0, 0.1) is 6.92 Å². The van der Waals surface area contributed by atoms with Crippen molar-refractivity contribution in [2.75, 3.05) is 7.11 Å². The smallest absolute Gasteiger partial charge is 0.144 e. The Balaban J connectivity index is 2.64. The van der Waals surface area contributed by atoms with Crippen LogP contribution in [0.3, 0.4) is 0 Å². The third-order valence-corrected chi connectivity index (χ3v) is 3.31. The van der Waals surface area contributed by atoms with Crippen LogP contribution in [0.4, 0.5) is 0 Å². The van der Waals surface area contributed by atoms with Gasteiger partial charge in [-0.2, -0.15) is 0 Å². The number of benzene rings is 1. The minimum Gasteiger partial charge on any atom is -0.496 e. The molecule has 1 aromatic heterocycles. The summed E-state index contributed by atoms with van der Waals surface area (Å²) >= 11 is 6.04. The van der Waals surface area contributed by atoms with Gasteiger partial charge in [0.05, 0.1) is 18.4 Å². The summed E-state index contributed by atoms with van der Waals surface area (Å²) in [6.45, 7) is 2.41. The summed E-state index contributed by atoms with van der Waals surface area (Å²) in [4.78, 5) is 4.55. The molecule has 0 fully saturated rings. The van der Waals surface area contributed by atoms with Gasteiger partial charge in [-0.05, 0) is 25.1 Å². The molecule has 0 saturated carbocycles. The molecule has 5 heteroatoms. The lowest BCUT2D eigenvalue weighted by molar-refractivity contribution is 0.416. The van der Waals surface area contributed by atoms with Crippen LogP contribution in [-0.2, 0) is 13.6 Å². The van der Waals surface area contributed by atoms with Crippen molar-refractivity contribution in [3.05, 3.63) is 34.6 Å². The van der Waals surface area contributed by atoms with E-state index in [-0.39, 0.29) is 0 Å². The van der Waals surface area contributed by atoms with Crippen LogP contribution in [0.5, 0.6) is 5.75 Å². The van der Waals surface area contributed by atoms with E-state index in [0.29, 0.717) is 11.6 Å². The van der Waals surface area contributed by atoms with E-state index in [9.17, 15) is 0 Å². The molecular weight excluding hydrogens is 250 g/mol. The van der Waals surface area contributed by atoms with Crippen molar-refractivity contribution in [3.8, 4) is 17.1 Å². The summed E-state index contributed by atoms with van der Waals surface area (Å²) in [5.74, 6) is 1.56. The lowest BCUT2D eigenvalue weighted by Gasteiger charge is -2.09. The van der Waals surface area contributed by atoms with Gasteiger partial charge in [-0.15, -0.1) is 0 Å². The van der Waals surface area contributed by atoms with Crippen molar-refractivity contribution in [3.63, 3.8) is 0 Å². The summed E-state index contributed by atoms with van der Waals surface area (Å²) in [6.07, 6.45) is 0. The molecule has 18 heavy (non-hydrogen) atoms. The van der Waals surface area contributed by atoms with Gasteiger partial charge in [0.25, 0.3) is 0 Å². The first kappa shape index (κ1) is 12.9. The van der Waals surface area contributed by atoms with E-state index in [2.05, 4.69) is 4.98 Å². The Bertz CT molecular complexity index is 578. The first-order chi connectivity index (χ1) is 8.58. The third-order valence-electron chi connectivity index (χ3n) is 3.08. The molecule has 4 nitrogen and oxygen atoms in total. The van der Waals surface area contributed by atoms with Gasteiger partial charge in [0, 0.05) is 24.3 Å². The Labute approximate surface area is 111 Å². The highest BCUT2D eigenvalue weighted by Crippen LogP contribution is 2.32. The highest BCUT2D eigenvalue weighted by Gasteiger charge is 2.15. The van der Waals surface area contributed by atoms with E-state index >= 15 is 0 Å². The number of ether oxygens (including phenoxy) is 1. The predicted octanol–water partition coefficient (Wildman–Crippen LogP) is 2.52. The van der Waals surface area contributed by atoms with E-state index < -0.39 is 0 Å². The molecule has 0 spiro atoms. The Morgan fingerprint density at radius 1 is 1.44 bits per heavy atom. The highest BCUT2D eigenvalue weighted by atomic mass is 35.5. The Kier molecular flexibility index (Phi) is 3.59. The summed E-state index contributed by atoms with van der Waals surface area (Å²) < 4.78 is 7.35. The molecule has 1 heterocycles. The van der Waals surface area contributed by atoms with Gasteiger partial charge in [0.1, 0.15) is 11.6 Å². The normalized spacial score (nSPS) is 10.7. The van der Waals surface area contributed by atoms with Crippen molar-refractivity contribution in [2.45, 2.75) is 13.5 Å². The van der Waals surface area contributed by atoms with E-state index in [0.717, 1.165) is 28.5 Å². The zero-order valence-corrected chi connectivity index (χ0v) is 11.5. The number of aromatic nitrogens is 2. The van der Waals surface area contributed by atoms with Crippen LogP contribution < -0.4 is 10.5 Å². The Hall–Kier alpha value is -1.52. The Morgan fingerprint density at radius 3 is 2.72 bits per heavy atom. The summed E-state index contributed by atoms with van der Waals surface area (Å²) in [7, 11) is 3.59. The fourth-order valence-corrected chi connectivity index (χ4v) is 2.10. The molecule has 0 radical (unpaired) electrons. The van der Waals surface area contributed by atoms with Crippen molar-refractivity contribution in [1.29, 1.82) is 0 Å². The van der Waals surface area contributed by atoms with Crippen molar-refractivity contribution in [1.82, 2.24) is 9.55 Å². The molecule has 1 aromatic carbocycles. The Morgan fingerprint density at radius 2 is 2.17 bits per heavy atom. The monoisotopic (exact) mass is 265 g/mol. The molecule has 2 N–H and O–H groups in total. The predicted molar refractivity (Wildman–Crippen MR) is 72.8 cm³/mol. The molecule has 0 bridgehead atoms. The molecule has 2 rings (SSSR count). The maximum atomic E-state index is 6.04. The first-order valence-electron chi connectivity index (χ1n) is 5.64. The molecule has 0 amide bonds. The van der Waals surface area contributed by atoms with Crippen molar-refractivity contribution in [2.24, 2.45) is 12.8 Å². The number of hydrogen-bond acceptors (Lipinski definition) is 3. The minimum absolute atomic E-state index is 0.419. The van der Waals surface area contributed by atoms with Gasteiger partial charge in [-0.1, -0.05) is 11.6 Å². The van der Waals surface area contributed by atoms with Gasteiger partial charge < -0.3 is 15.0 Å². The second-order valence-electron chi connectivity index (χ2n) is 4.08. The quantitative estimate of drug-likeness (QED) is 0.928. The standard InChI is InChI=1S/C13H16ClN3O/c1-8-11(7-15)16-13(17(8)2)10-6-9(14)4-5-12(10)18-3/h4-6H,7,15H2,1-3H3. The van der Waals surface area contributed by atoms with Gasteiger partial charge in [0.15, 0.2) is 0 Å². The van der Waals surface area contributed by atoms with Gasteiger partial charge in [-0.25, -0.2) is 4.98 Å². The summed E-state index contributed by atoms with van der Waals surface area (Å²) in [5, 5.41) is 0.653. The van der Waals surface area contributed by atoms with E-state index in [1.807, 2.05) is 30.7 Å². The van der Waals surface area contributed by atoms with Crippen LogP contribution >= 0.6 is 11.6 Å². The van der Waals surface area contributed by atoms with Gasteiger partial charge in [-0.3, -0.25) is 0 Å². The number of hydrogen-bond donors (Lipinski definition) is 1. The van der Waals surface area contributed by atoms with Crippen LogP contribution in [0.1, 0.15) is 11.4 Å². The molecule has 0 unspecified atom stereocenters. The highest BCUT2D eigenvalue weighted by molar-refractivity contribution is 6.30. The minimum atomic E-state index is 0.419. The molecular formula is C13H16ClN3O. The van der Waals surface area contributed by atoms with Crippen LogP contribution in [-0.4, -0.2) is 16.7 Å². The first-order valence-corrected chi connectivity index (χ1v) is 6.02. The average Bonchev–Trinajstić information content (AvgIpc) is 2.66. The topological polar surface area (TPSA) is 53.1 Å². The fraction of sp³-hybridized carbons (Fsp3) is 0.308. The number of nitrogens with two attached hydrogens (primary N) is 1. The second-order valence-corrected chi connectivity index (χ2v) is 4.51. The van der Waals surface area contributed by atoms with E-state index in [1.165, 1.54) is 0 Å². The number of halogens is 1. The second kappa shape index (κ2) is 5.00. The lowest BCUT2D eigenvalue weighted by Crippen LogP contribution is -1.99. The third kappa shape index (κ3) is 2.09. The molecule has 2 aromatic rings. The fourth-order valence-electron chi connectivity index (χ4n) is 1.93. The molecule has 0 saturated heterocycles. The molecule has 0 aliphatic heterocycles. The largest absolute Gasteiger partial charge is 0.496 e. The molecule has 0 aliphatic rings. The van der Waals surface area contributed by atoms with E-state index in [1.54, 1.807) is 13.2 Å². The molecule has 96 valence electrons. The zero-order chi connectivity index (χ0) is 13.3. The average molecular weight is 266 g/mol. The number of methoxy groups -OCH3 is 1. The van der Waals surface area contributed by atoms with Crippen molar-refractivity contribution < 1.29 is 4.74 Å². The zero-order valence-electron chi connectivity index (χ0n) is 10.7. The molecule has 0 atom stereocenters. The van der Waals surface area contributed by atoms with Gasteiger partial charge >= 0.3 is 0 Å². The maximum Gasteiger partial charge on any atom is 0.144 e. The maximum absolute atomic E-state index is 6.04. The molecule has 0 aliphatic carbocycles. The SMILES string of the molecule is COc1ccc(Cl)cc1-c1nc(CN)c(C)n1C. The van der Waals surface area contributed by atoms with Gasteiger partial charge in [0.2, 0.25) is 0 Å².